The summed E-state index contributed by atoms with van der Waals surface area (Å²) in [5.41, 5.74) is 2.70. The van der Waals surface area contributed by atoms with E-state index in [-0.39, 0.29) is 0 Å². The predicted molar refractivity (Wildman–Crippen MR) is 133 cm³/mol. The molecular weight excluding hydrogens is 476 g/mol. The second-order valence-corrected chi connectivity index (χ2v) is 9.12. The lowest BCUT2D eigenvalue weighted by Crippen LogP contribution is -2.42. The summed E-state index contributed by atoms with van der Waals surface area (Å²) < 4.78 is 0. The summed E-state index contributed by atoms with van der Waals surface area (Å²) >= 11 is 6.27. The molecule has 0 aromatic heterocycles. The number of halogens is 1. The molecule has 4 N–H and O–H groups in total. The minimum atomic E-state index is -2.74. The van der Waals surface area contributed by atoms with E-state index in [1.165, 1.54) is 22.5 Å². The van der Waals surface area contributed by atoms with Crippen molar-refractivity contribution in [2.24, 2.45) is 0 Å². The Bertz CT molecular complexity index is 1040. The number of aryl methyl sites for hydroxylation is 2. The average molecular weight is 507 g/mol. The number of carboxylic acid groups (broad SMARTS) is 3. The fourth-order valence-corrected chi connectivity index (χ4v) is 4.05. The Balaban J connectivity index is 0.000000287. The lowest BCUT2D eigenvalue weighted by Gasteiger charge is -2.27. The van der Waals surface area contributed by atoms with Gasteiger partial charge in [0.2, 0.25) is 0 Å². The van der Waals surface area contributed by atoms with Crippen LogP contribution >= 0.6 is 11.6 Å². The van der Waals surface area contributed by atoms with Crippen LogP contribution in [0.15, 0.2) is 42.5 Å². The van der Waals surface area contributed by atoms with Crippen LogP contribution in [-0.2, 0) is 27.2 Å². The van der Waals surface area contributed by atoms with Crippen molar-refractivity contribution in [2.75, 3.05) is 32.1 Å². The molecule has 0 fully saturated rings. The molecule has 0 saturated heterocycles. The molecule has 2 aromatic rings. The molecule has 0 bridgehead atoms. The number of fused-ring (bicyclic) bond motifs is 2. The number of hydrogen-bond donors (Lipinski definition) is 4. The number of carbonyl (C=O) groups is 3. The van der Waals surface area contributed by atoms with Gasteiger partial charge in [-0.3, -0.25) is 9.59 Å². The molecule has 0 saturated carbocycles. The topological polar surface area (TPSA) is 139 Å². The molecule has 0 spiro atoms. The molecule has 1 aliphatic rings. The van der Waals surface area contributed by atoms with Crippen molar-refractivity contribution in [3.63, 3.8) is 0 Å². The second kappa shape index (κ2) is 12.5. The zero-order chi connectivity index (χ0) is 26.2. The summed E-state index contributed by atoms with van der Waals surface area (Å²) in [6.45, 7) is 2.11. The monoisotopic (exact) mass is 506 g/mol. The molecule has 9 nitrogen and oxygen atoms in total. The Hall–Kier alpha value is -3.14. The molecule has 0 atom stereocenters. The predicted octanol–water partition coefficient (Wildman–Crippen LogP) is 3.28. The maximum atomic E-state index is 10.3. The number of para-hydroxylation sites is 1. The highest BCUT2D eigenvalue weighted by Crippen LogP contribution is 2.37. The van der Waals surface area contributed by atoms with Crippen molar-refractivity contribution in [3.8, 4) is 0 Å². The summed E-state index contributed by atoms with van der Waals surface area (Å²) in [5.74, 6) is -5.02. The molecule has 2 aromatic carbocycles. The van der Waals surface area contributed by atoms with Gasteiger partial charge >= 0.3 is 17.9 Å². The van der Waals surface area contributed by atoms with Crippen molar-refractivity contribution in [3.05, 3.63) is 58.6 Å². The normalized spacial score (nSPS) is 12.7. The highest BCUT2D eigenvalue weighted by Gasteiger charge is 2.40. The van der Waals surface area contributed by atoms with Gasteiger partial charge in [0.05, 0.1) is 12.8 Å². The van der Waals surface area contributed by atoms with Crippen LogP contribution in [0.5, 0.6) is 0 Å². The van der Waals surface area contributed by atoms with Crippen molar-refractivity contribution in [1.29, 1.82) is 0 Å². The summed E-state index contributed by atoms with van der Waals surface area (Å²) in [6.07, 6.45) is 1.01. The van der Waals surface area contributed by atoms with E-state index in [0.29, 0.717) is 0 Å². The molecule has 3 rings (SSSR count). The first-order valence-corrected chi connectivity index (χ1v) is 11.5. The first-order chi connectivity index (χ1) is 16.4. The van der Waals surface area contributed by atoms with E-state index in [2.05, 4.69) is 60.3 Å². The first-order valence-electron chi connectivity index (χ1n) is 11.1. The van der Waals surface area contributed by atoms with Gasteiger partial charge < -0.3 is 30.2 Å². The summed E-state index contributed by atoms with van der Waals surface area (Å²) in [5, 5.41) is 34.6. The zero-order valence-corrected chi connectivity index (χ0v) is 20.5. The second-order valence-electron chi connectivity index (χ2n) is 8.69. The quantitative estimate of drug-likeness (QED) is 0.403. The SMILES string of the molecule is CN(C)CCCN1c2ccccc2CCc2ccc(Cl)cc21.O=C(O)CC(O)(CC(=O)O)C(=O)O. The number of aliphatic carboxylic acids is 3. The van der Waals surface area contributed by atoms with Gasteiger partial charge in [0.25, 0.3) is 0 Å². The van der Waals surface area contributed by atoms with Crippen LogP contribution in [-0.4, -0.2) is 76.0 Å². The highest BCUT2D eigenvalue weighted by atomic mass is 35.5. The van der Waals surface area contributed by atoms with Crippen LogP contribution in [0, 0.1) is 0 Å². The lowest BCUT2D eigenvalue weighted by molar-refractivity contribution is -0.170. The van der Waals surface area contributed by atoms with E-state index >= 15 is 0 Å². The molecule has 10 heteroatoms. The minimum absolute atomic E-state index is 0.816. The van der Waals surface area contributed by atoms with E-state index in [0.717, 1.165) is 37.4 Å². The van der Waals surface area contributed by atoms with Gasteiger partial charge in [0, 0.05) is 22.9 Å². The number of hydrogen-bond acceptors (Lipinski definition) is 6. The average Bonchev–Trinajstić information content (AvgIpc) is 2.90. The maximum Gasteiger partial charge on any atom is 0.336 e. The number of benzene rings is 2. The van der Waals surface area contributed by atoms with Gasteiger partial charge in [-0.1, -0.05) is 35.9 Å². The lowest BCUT2D eigenvalue weighted by atomic mass is 9.96. The zero-order valence-electron chi connectivity index (χ0n) is 19.8. The maximum absolute atomic E-state index is 10.3. The van der Waals surface area contributed by atoms with Gasteiger partial charge in [-0.05, 0) is 69.2 Å². The highest BCUT2D eigenvalue weighted by molar-refractivity contribution is 6.30. The van der Waals surface area contributed by atoms with Crippen LogP contribution in [0.3, 0.4) is 0 Å². The van der Waals surface area contributed by atoms with Crippen LogP contribution < -0.4 is 4.90 Å². The Morgan fingerprint density at radius 2 is 1.51 bits per heavy atom. The molecule has 0 unspecified atom stereocenters. The fourth-order valence-electron chi connectivity index (χ4n) is 3.88. The standard InChI is InChI=1S/C19H23ClN2.C6H8O7/c1-21(2)12-5-13-22-18-7-4-3-6-15(18)8-9-16-10-11-17(20)14-19(16)22;7-3(8)1-6(13,5(11)12)2-4(9)10/h3-4,6-7,10-11,14H,5,8-9,12-13H2,1-2H3;13H,1-2H2,(H,7,8)(H,9,10)(H,11,12). The van der Waals surface area contributed by atoms with E-state index in [1.807, 2.05) is 6.07 Å². The third-order valence-electron chi connectivity index (χ3n) is 5.56. The van der Waals surface area contributed by atoms with Crippen LogP contribution in [0.1, 0.15) is 30.4 Å². The number of anilines is 2. The van der Waals surface area contributed by atoms with Gasteiger partial charge in [-0.25, -0.2) is 4.79 Å². The largest absolute Gasteiger partial charge is 0.481 e. The van der Waals surface area contributed by atoms with Crippen LogP contribution in [0.25, 0.3) is 0 Å². The van der Waals surface area contributed by atoms with Crippen molar-refractivity contribution < 1.29 is 34.8 Å². The van der Waals surface area contributed by atoms with E-state index in [1.54, 1.807) is 0 Å². The number of rotatable bonds is 9. The summed E-state index contributed by atoms with van der Waals surface area (Å²) in [6, 6.07) is 15.1. The smallest absolute Gasteiger partial charge is 0.336 e. The molecule has 35 heavy (non-hydrogen) atoms. The van der Waals surface area contributed by atoms with Crippen LogP contribution in [0.2, 0.25) is 5.02 Å². The Kier molecular flexibility index (Phi) is 10.1. The molecule has 1 heterocycles. The Morgan fingerprint density at radius 1 is 0.943 bits per heavy atom. The van der Waals surface area contributed by atoms with Crippen molar-refractivity contribution in [1.82, 2.24) is 4.90 Å². The molecular formula is C25H31ClN2O7. The molecule has 190 valence electrons. The van der Waals surface area contributed by atoms with Crippen molar-refractivity contribution in [2.45, 2.75) is 37.7 Å². The van der Waals surface area contributed by atoms with Gasteiger partial charge in [0.15, 0.2) is 5.60 Å². The van der Waals surface area contributed by atoms with Crippen LogP contribution in [0.4, 0.5) is 11.4 Å². The van der Waals surface area contributed by atoms with E-state index in [9.17, 15) is 14.4 Å². The summed E-state index contributed by atoms with van der Waals surface area (Å²) in [7, 11) is 4.25. The molecule has 0 amide bonds. The Labute approximate surface area is 209 Å². The van der Waals surface area contributed by atoms with Crippen molar-refractivity contribution >= 4 is 40.9 Å². The molecule has 0 radical (unpaired) electrons. The van der Waals surface area contributed by atoms with E-state index in [4.69, 9.17) is 32.0 Å². The van der Waals surface area contributed by atoms with Gasteiger partial charge in [-0.15, -0.1) is 0 Å². The third kappa shape index (κ3) is 8.24. The summed E-state index contributed by atoms with van der Waals surface area (Å²) in [4.78, 5) is 35.2. The van der Waals surface area contributed by atoms with Gasteiger partial charge in [0.1, 0.15) is 0 Å². The van der Waals surface area contributed by atoms with Gasteiger partial charge in [-0.2, -0.15) is 0 Å². The third-order valence-corrected chi connectivity index (χ3v) is 5.79. The minimum Gasteiger partial charge on any atom is -0.481 e. The fraction of sp³-hybridized carbons (Fsp3) is 0.400. The molecule has 1 aliphatic heterocycles. The first kappa shape index (κ1) is 28.1. The van der Waals surface area contributed by atoms with E-state index < -0.39 is 36.4 Å². The number of nitrogens with zero attached hydrogens (tertiary/aromatic N) is 2. The Morgan fingerprint density at radius 3 is 2.06 bits per heavy atom. The number of carboxylic acids is 3. The number of aliphatic hydroxyl groups is 1. The molecule has 0 aliphatic carbocycles.